The highest BCUT2D eigenvalue weighted by Crippen LogP contribution is 2.35. The molecule has 3 amide bonds. The van der Waals surface area contributed by atoms with Crippen LogP contribution in [-0.2, 0) is 16.9 Å². The molecule has 3 N–H and O–H groups in total. The highest BCUT2D eigenvalue weighted by Gasteiger charge is 2.48. The zero-order valence-electron chi connectivity index (χ0n) is 19.2. The first-order valence-electron chi connectivity index (χ1n) is 11.3. The topological polar surface area (TPSA) is 118 Å². The second kappa shape index (κ2) is 8.09. The number of ether oxygens (including phenoxy) is 1. The number of hydrogen-bond donors (Lipinski definition) is 3. The molecule has 1 atom stereocenters. The lowest BCUT2D eigenvalue weighted by Gasteiger charge is -2.27. The third-order valence-corrected chi connectivity index (χ3v) is 6.58. The average Bonchev–Trinajstić information content (AvgIpc) is 3.38. The van der Waals surface area contributed by atoms with Gasteiger partial charge in [0.2, 0.25) is 0 Å². The lowest BCUT2D eigenvalue weighted by Crippen LogP contribution is -2.47. The van der Waals surface area contributed by atoms with Crippen molar-refractivity contribution in [2.45, 2.75) is 12.1 Å². The molecule has 1 aliphatic rings. The van der Waals surface area contributed by atoms with Crippen molar-refractivity contribution in [1.82, 2.24) is 25.2 Å². The number of rotatable bonds is 5. The predicted octanol–water partition coefficient (Wildman–Crippen LogP) is 3.70. The van der Waals surface area contributed by atoms with E-state index in [1.165, 1.54) is 0 Å². The number of amides is 3. The van der Waals surface area contributed by atoms with Crippen LogP contribution in [0, 0.1) is 0 Å². The van der Waals surface area contributed by atoms with Crippen molar-refractivity contribution >= 4 is 33.7 Å². The minimum atomic E-state index is -1.40. The van der Waals surface area contributed by atoms with Crippen molar-refractivity contribution in [2.75, 3.05) is 7.11 Å². The molecule has 4 heterocycles. The second-order valence-electron chi connectivity index (χ2n) is 8.70. The van der Waals surface area contributed by atoms with Gasteiger partial charge in [-0.15, -0.1) is 0 Å². The molecule has 178 valence electrons. The Morgan fingerprint density at radius 2 is 1.83 bits per heavy atom. The molecule has 2 aromatic carbocycles. The Hall–Kier alpha value is -4.92. The van der Waals surface area contributed by atoms with E-state index >= 15 is 0 Å². The quantitative estimate of drug-likeness (QED) is 0.331. The van der Waals surface area contributed by atoms with E-state index < -0.39 is 17.5 Å². The monoisotopic (exact) mass is 479 g/mol. The molecule has 1 saturated heterocycles. The van der Waals surface area contributed by atoms with Gasteiger partial charge in [0.15, 0.2) is 17.1 Å². The Labute approximate surface area is 205 Å². The molecular formula is C27H21N5O4. The minimum absolute atomic E-state index is 0.00402. The normalized spacial score (nSPS) is 17.4. The molecule has 3 aromatic heterocycles. The van der Waals surface area contributed by atoms with Crippen LogP contribution in [0.15, 0.2) is 79.3 Å². The molecule has 0 spiro atoms. The first kappa shape index (κ1) is 21.6. The number of imide groups is 1. The zero-order valence-corrected chi connectivity index (χ0v) is 19.2. The third kappa shape index (κ3) is 3.40. The molecule has 9 nitrogen and oxygen atoms in total. The summed E-state index contributed by atoms with van der Waals surface area (Å²) in [5.74, 6) is 0.0878. The van der Waals surface area contributed by atoms with Crippen molar-refractivity contribution in [3.8, 4) is 22.8 Å². The number of methoxy groups -OCH3 is 1. The molecule has 1 aliphatic heterocycles. The predicted molar refractivity (Wildman–Crippen MR) is 133 cm³/mol. The number of fused-ring (bicyclic) bond motifs is 2. The third-order valence-electron chi connectivity index (χ3n) is 6.58. The Morgan fingerprint density at radius 3 is 2.58 bits per heavy atom. The summed E-state index contributed by atoms with van der Waals surface area (Å²) < 4.78 is 6.82. The molecule has 0 radical (unpaired) electrons. The van der Waals surface area contributed by atoms with E-state index in [1.54, 1.807) is 54.5 Å². The van der Waals surface area contributed by atoms with Gasteiger partial charge in [0.1, 0.15) is 5.75 Å². The van der Waals surface area contributed by atoms with E-state index in [1.807, 2.05) is 36.4 Å². The van der Waals surface area contributed by atoms with Gasteiger partial charge in [0.05, 0.1) is 13.7 Å². The number of nitrogens with one attached hydrogen (secondary N) is 2. The lowest BCUT2D eigenvalue weighted by atomic mass is 9.88. The fourth-order valence-electron chi connectivity index (χ4n) is 4.70. The maximum Gasteiger partial charge on any atom is 0.322 e. The molecule has 0 bridgehead atoms. The molecule has 6 rings (SSSR count). The smallest absolute Gasteiger partial charge is 0.322 e. The number of nitrogens with zero attached hydrogens (tertiary/aromatic N) is 3. The molecule has 5 aromatic rings. The van der Waals surface area contributed by atoms with E-state index in [4.69, 9.17) is 4.74 Å². The standard InChI is InChI=1S/C27H21N5O4/c1-36-21-9-6-18-14-32(24(33)22(18)12-21)15-27(25(34)30-26(35)31-27)20-7-4-16(5-8-20)19-11-17-3-2-10-28-23(17)29-13-19/h2-14,33H,15H2,1H3,(H2,30,31,34,35)/t27-/m0/s1. The van der Waals surface area contributed by atoms with Crippen LogP contribution in [0.25, 0.3) is 32.9 Å². The van der Waals surface area contributed by atoms with Crippen molar-refractivity contribution < 1.29 is 19.4 Å². The number of hydrogen-bond acceptors (Lipinski definition) is 6. The largest absolute Gasteiger partial charge is 0.497 e. The highest BCUT2D eigenvalue weighted by molar-refractivity contribution is 6.07. The summed E-state index contributed by atoms with van der Waals surface area (Å²) in [5, 5.41) is 18.3. The number of aromatic hydroxyl groups is 1. The van der Waals surface area contributed by atoms with E-state index in [0.29, 0.717) is 22.3 Å². The van der Waals surface area contributed by atoms with Crippen LogP contribution in [0.1, 0.15) is 5.56 Å². The van der Waals surface area contributed by atoms with Crippen LogP contribution in [0.5, 0.6) is 11.6 Å². The van der Waals surface area contributed by atoms with Crippen molar-refractivity contribution in [3.05, 3.63) is 84.8 Å². The van der Waals surface area contributed by atoms with E-state index in [-0.39, 0.29) is 12.4 Å². The van der Waals surface area contributed by atoms with Crippen molar-refractivity contribution in [2.24, 2.45) is 0 Å². The van der Waals surface area contributed by atoms with E-state index in [2.05, 4.69) is 20.6 Å². The van der Waals surface area contributed by atoms with Crippen LogP contribution < -0.4 is 15.4 Å². The number of urea groups is 1. The summed E-state index contributed by atoms with van der Waals surface area (Å²) in [6, 6.07) is 17.9. The van der Waals surface area contributed by atoms with Crippen molar-refractivity contribution in [1.29, 1.82) is 0 Å². The molecule has 1 fully saturated rings. The van der Waals surface area contributed by atoms with Gasteiger partial charge in [-0.3, -0.25) is 10.1 Å². The summed E-state index contributed by atoms with van der Waals surface area (Å²) in [5.41, 5.74) is 1.65. The van der Waals surface area contributed by atoms with E-state index in [9.17, 15) is 14.7 Å². The Balaban J connectivity index is 1.39. The van der Waals surface area contributed by atoms with E-state index in [0.717, 1.165) is 21.9 Å². The van der Waals surface area contributed by atoms with Gasteiger partial charge in [0, 0.05) is 40.3 Å². The molecule has 36 heavy (non-hydrogen) atoms. The number of carbonyl (C=O) groups excluding carboxylic acids is 2. The van der Waals surface area contributed by atoms with Gasteiger partial charge in [-0.1, -0.05) is 24.3 Å². The number of carbonyl (C=O) groups is 2. The van der Waals surface area contributed by atoms with Crippen LogP contribution in [0.3, 0.4) is 0 Å². The fraction of sp³-hybridized carbons (Fsp3) is 0.111. The van der Waals surface area contributed by atoms with Crippen LogP contribution in [0.4, 0.5) is 4.79 Å². The maximum absolute atomic E-state index is 13.1. The summed E-state index contributed by atoms with van der Waals surface area (Å²) in [4.78, 5) is 34.0. The summed E-state index contributed by atoms with van der Waals surface area (Å²) in [6.07, 6.45) is 5.20. The summed E-state index contributed by atoms with van der Waals surface area (Å²) >= 11 is 0. The summed E-state index contributed by atoms with van der Waals surface area (Å²) in [6.45, 7) is -0.00402. The highest BCUT2D eigenvalue weighted by atomic mass is 16.5. The lowest BCUT2D eigenvalue weighted by molar-refractivity contribution is -0.124. The maximum atomic E-state index is 13.1. The average molecular weight is 479 g/mol. The van der Waals surface area contributed by atoms with Gasteiger partial charge in [-0.25, -0.2) is 14.8 Å². The van der Waals surface area contributed by atoms with Gasteiger partial charge in [-0.2, -0.15) is 0 Å². The van der Waals surface area contributed by atoms with Gasteiger partial charge in [0.25, 0.3) is 5.91 Å². The zero-order chi connectivity index (χ0) is 24.9. The Morgan fingerprint density at radius 1 is 1.00 bits per heavy atom. The SMILES string of the molecule is COc1ccc2cn(C[C@@]3(c4ccc(-c5cnc6ncccc6c5)cc4)NC(=O)NC3=O)c(O)c2c1. The Kier molecular flexibility index (Phi) is 4.85. The van der Waals surface area contributed by atoms with Crippen LogP contribution >= 0.6 is 0 Å². The Bertz CT molecular complexity index is 1660. The first-order valence-corrected chi connectivity index (χ1v) is 11.3. The number of aromatic nitrogens is 3. The fourth-order valence-corrected chi connectivity index (χ4v) is 4.70. The molecule has 0 unspecified atom stereocenters. The van der Waals surface area contributed by atoms with Crippen LogP contribution in [-0.4, -0.2) is 38.7 Å². The van der Waals surface area contributed by atoms with Gasteiger partial charge in [-0.05, 0) is 47.5 Å². The van der Waals surface area contributed by atoms with Crippen molar-refractivity contribution in [3.63, 3.8) is 0 Å². The number of pyridine rings is 2. The minimum Gasteiger partial charge on any atom is -0.497 e. The van der Waals surface area contributed by atoms with Gasteiger partial charge < -0.3 is 19.7 Å². The van der Waals surface area contributed by atoms with Crippen LogP contribution in [0.2, 0.25) is 0 Å². The summed E-state index contributed by atoms with van der Waals surface area (Å²) in [7, 11) is 1.55. The second-order valence-corrected chi connectivity index (χ2v) is 8.70. The molecule has 0 saturated carbocycles. The molecule has 0 aliphatic carbocycles. The first-order chi connectivity index (χ1) is 17.5. The number of benzene rings is 2. The molecular weight excluding hydrogens is 458 g/mol. The molecule has 9 heteroatoms. The van der Waals surface area contributed by atoms with Gasteiger partial charge >= 0.3 is 6.03 Å².